The molecule has 0 atom stereocenters. The Kier molecular flexibility index (Phi) is 7.18. The Balaban J connectivity index is 2.35. The van der Waals surface area contributed by atoms with Crippen LogP contribution in [0.4, 0.5) is 0 Å². The predicted octanol–water partition coefficient (Wildman–Crippen LogP) is 2.32. The van der Waals surface area contributed by atoms with Gasteiger partial charge in [-0.05, 0) is 45.9 Å². The standard InChI is InChI=1S/C18H28N2O4/c1-4-22-15-12-14(13-16(23-5-2)17(15)24-6-3)18(21)20-10-7-8-19-9-11-20/h12-13,19H,4-11H2,1-3H3. The summed E-state index contributed by atoms with van der Waals surface area (Å²) < 4.78 is 17.1. The number of nitrogens with one attached hydrogen (secondary N) is 1. The van der Waals surface area contributed by atoms with E-state index in [1.165, 1.54) is 0 Å². The van der Waals surface area contributed by atoms with Gasteiger partial charge in [-0.1, -0.05) is 0 Å². The van der Waals surface area contributed by atoms with Gasteiger partial charge < -0.3 is 24.4 Å². The van der Waals surface area contributed by atoms with Crippen LogP contribution < -0.4 is 19.5 Å². The van der Waals surface area contributed by atoms with Crippen molar-refractivity contribution in [1.29, 1.82) is 0 Å². The van der Waals surface area contributed by atoms with Gasteiger partial charge in [-0.25, -0.2) is 0 Å². The van der Waals surface area contributed by atoms with Gasteiger partial charge in [-0.2, -0.15) is 0 Å². The van der Waals surface area contributed by atoms with E-state index in [4.69, 9.17) is 14.2 Å². The molecule has 0 radical (unpaired) electrons. The minimum absolute atomic E-state index is 0.00338. The molecule has 24 heavy (non-hydrogen) atoms. The van der Waals surface area contributed by atoms with E-state index < -0.39 is 0 Å². The molecule has 1 heterocycles. The summed E-state index contributed by atoms with van der Waals surface area (Å²) >= 11 is 0. The largest absolute Gasteiger partial charge is 0.490 e. The van der Waals surface area contributed by atoms with Crippen molar-refractivity contribution in [3.8, 4) is 17.2 Å². The average Bonchev–Trinajstić information content (AvgIpc) is 2.86. The minimum atomic E-state index is 0.00338. The summed E-state index contributed by atoms with van der Waals surface area (Å²) in [6.45, 7) is 10.5. The van der Waals surface area contributed by atoms with Crippen LogP contribution in [0.2, 0.25) is 0 Å². The van der Waals surface area contributed by atoms with Gasteiger partial charge in [0.1, 0.15) is 0 Å². The Labute approximate surface area is 144 Å². The van der Waals surface area contributed by atoms with Crippen LogP contribution >= 0.6 is 0 Å². The number of amides is 1. The zero-order chi connectivity index (χ0) is 17.4. The summed E-state index contributed by atoms with van der Waals surface area (Å²) in [6, 6.07) is 3.52. The maximum absolute atomic E-state index is 12.9. The molecule has 0 aromatic heterocycles. The molecule has 2 rings (SSSR count). The summed E-state index contributed by atoms with van der Waals surface area (Å²) in [7, 11) is 0. The van der Waals surface area contributed by atoms with Crippen molar-refractivity contribution in [1.82, 2.24) is 10.2 Å². The lowest BCUT2D eigenvalue weighted by Crippen LogP contribution is -2.34. The summed E-state index contributed by atoms with van der Waals surface area (Å²) in [5.74, 6) is 1.68. The SMILES string of the molecule is CCOc1cc(C(=O)N2CCCNCC2)cc(OCC)c1OCC. The van der Waals surface area contributed by atoms with Gasteiger partial charge in [0, 0.05) is 25.2 Å². The third-order valence-corrected chi connectivity index (χ3v) is 3.78. The molecule has 1 N–H and O–H groups in total. The molecule has 6 nitrogen and oxygen atoms in total. The molecule has 6 heteroatoms. The number of benzene rings is 1. The molecule has 1 saturated heterocycles. The van der Waals surface area contributed by atoms with Crippen molar-refractivity contribution in [2.45, 2.75) is 27.2 Å². The van der Waals surface area contributed by atoms with Crippen LogP contribution in [0.15, 0.2) is 12.1 Å². The van der Waals surface area contributed by atoms with Crippen LogP contribution in [0.3, 0.4) is 0 Å². The predicted molar refractivity (Wildman–Crippen MR) is 93.3 cm³/mol. The van der Waals surface area contributed by atoms with E-state index in [1.807, 2.05) is 25.7 Å². The Hall–Kier alpha value is -1.95. The van der Waals surface area contributed by atoms with Crippen molar-refractivity contribution in [2.24, 2.45) is 0 Å². The summed E-state index contributed by atoms with van der Waals surface area (Å²) in [5, 5.41) is 3.31. The smallest absolute Gasteiger partial charge is 0.254 e. The van der Waals surface area contributed by atoms with Crippen LogP contribution in [-0.4, -0.2) is 56.8 Å². The molecule has 0 bridgehead atoms. The lowest BCUT2D eigenvalue weighted by Gasteiger charge is -2.22. The number of hydrogen-bond donors (Lipinski definition) is 1. The summed E-state index contributed by atoms with van der Waals surface area (Å²) in [6.07, 6.45) is 0.958. The summed E-state index contributed by atoms with van der Waals surface area (Å²) in [4.78, 5) is 14.8. The zero-order valence-corrected chi connectivity index (χ0v) is 14.9. The van der Waals surface area contributed by atoms with Crippen LogP contribution in [0.25, 0.3) is 0 Å². The fourth-order valence-electron chi connectivity index (χ4n) is 2.74. The van der Waals surface area contributed by atoms with E-state index in [-0.39, 0.29) is 5.91 Å². The molecular formula is C18H28N2O4. The van der Waals surface area contributed by atoms with Gasteiger partial charge in [-0.3, -0.25) is 4.79 Å². The average molecular weight is 336 g/mol. The quantitative estimate of drug-likeness (QED) is 0.828. The highest BCUT2D eigenvalue weighted by atomic mass is 16.5. The van der Waals surface area contributed by atoms with E-state index in [1.54, 1.807) is 12.1 Å². The Morgan fingerprint density at radius 3 is 2.21 bits per heavy atom. The van der Waals surface area contributed by atoms with E-state index in [2.05, 4.69) is 5.32 Å². The van der Waals surface area contributed by atoms with Crippen molar-refractivity contribution in [3.63, 3.8) is 0 Å². The third-order valence-electron chi connectivity index (χ3n) is 3.78. The first-order chi connectivity index (χ1) is 11.7. The van der Waals surface area contributed by atoms with Gasteiger partial charge in [0.15, 0.2) is 11.5 Å². The highest BCUT2D eigenvalue weighted by molar-refractivity contribution is 5.95. The number of hydrogen-bond acceptors (Lipinski definition) is 5. The Bertz CT molecular complexity index is 513. The number of nitrogens with zero attached hydrogens (tertiary/aromatic N) is 1. The molecule has 0 unspecified atom stereocenters. The number of carbonyl (C=O) groups excluding carboxylic acids is 1. The van der Waals surface area contributed by atoms with Gasteiger partial charge in [0.05, 0.1) is 19.8 Å². The highest BCUT2D eigenvalue weighted by Gasteiger charge is 2.22. The molecule has 1 aliphatic heterocycles. The second-order valence-electron chi connectivity index (χ2n) is 5.50. The van der Waals surface area contributed by atoms with Crippen molar-refractivity contribution < 1.29 is 19.0 Å². The molecule has 0 saturated carbocycles. The fourth-order valence-corrected chi connectivity index (χ4v) is 2.74. The Morgan fingerprint density at radius 1 is 1.00 bits per heavy atom. The number of ether oxygens (including phenoxy) is 3. The lowest BCUT2D eigenvalue weighted by molar-refractivity contribution is 0.0765. The lowest BCUT2D eigenvalue weighted by atomic mass is 10.1. The normalized spacial score (nSPS) is 14.9. The maximum atomic E-state index is 12.9. The molecule has 0 aliphatic carbocycles. The second kappa shape index (κ2) is 9.37. The van der Waals surface area contributed by atoms with Crippen LogP contribution in [0.1, 0.15) is 37.6 Å². The Morgan fingerprint density at radius 2 is 1.62 bits per heavy atom. The van der Waals surface area contributed by atoms with Gasteiger partial charge >= 0.3 is 0 Å². The molecule has 1 amide bonds. The monoisotopic (exact) mass is 336 g/mol. The topological polar surface area (TPSA) is 60.0 Å². The van der Waals surface area contributed by atoms with Crippen LogP contribution in [0.5, 0.6) is 17.2 Å². The first-order valence-corrected chi connectivity index (χ1v) is 8.77. The molecule has 1 aromatic carbocycles. The molecule has 134 valence electrons. The van der Waals surface area contributed by atoms with E-state index in [0.717, 1.165) is 26.1 Å². The number of rotatable bonds is 7. The van der Waals surface area contributed by atoms with Crippen molar-refractivity contribution in [2.75, 3.05) is 46.0 Å². The number of carbonyl (C=O) groups is 1. The van der Waals surface area contributed by atoms with Crippen molar-refractivity contribution in [3.05, 3.63) is 17.7 Å². The molecule has 1 aromatic rings. The van der Waals surface area contributed by atoms with E-state index in [0.29, 0.717) is 49.2 Å². The first kappa shape index (κ1) is 18.4. The maximum Gasteiger partial charge on any atom is 0.254 e. The van der Waals surface area contributed by atoms with Gasteiger partial charge in [0.25, 0.3) is 5.91 Å². The zero-order valence-electron chi connectivity index (χ0n) is 14.9. The van der Waals surface area contributed by atoms with E-state index >= 15 is 0 Å². The molecule has 1 aliphatic rings. The highest BCUT2D eigenvalue weighted by Crippen LogP contribution is 2.39. The fraction of sp³-hybridized carbons (Fsp3) is 0.611. The summed E-state index contributed by atoms with van der Waals surface area (Å²) in [5.41, 5.74) is 0.576. The van der Waals surface area contributed by atoms with E-state index in [9.17, 15) is 4.79 Å². The third kappa shape index (κ3) is 4.54. The van der Waals surface area contributed by atoms with Gasteiger partial charge in [0.2, 0.25) is 5.75 Å². The van der Waals surface area contributed by atoms with Gasteiger partial charge in [-0.15, -0.1) is 0 Å². The first-order valence-electron chi connectivity index (χ1n) is 8.77. The molecular weight excluding hydrogens is 308 g/mol. The molecule has 0 spiro atoms. The van der Waals surface area contributed by atoms with Crippen LogP contribution in [-0.2, 0) is 0 Å². The minimum Gasteiger partial charge on any atom is -0.490 e. The molecule has 1 fully saturated rings. The van der Waals surface area contributed by atoms with Crippen molar-refractivity contribution >= 4 is 5.91 Å². The van der Waals surface area contributed by atoms with Crippen LogP contribution in [0, 0.1) is 0 Å². The second-order valence-corrected chi connectivity index (χ2v) is 5.50.